The molecule has 3 aromatic carbocycles. The van der Waals surface area contributed by atoms with Gasteiger partial charge in [-0.1, -0.05) is 36.4 Å². The van der Waals surface area contributed by atoms with Crippen LogP contribution >= 0.6 is 0 Å². The van der Waals surface area contributed by atoms with Gasteiger partial charge in [0.05, 0.1) is 22.1 Å². The number of fused-ring (bicyclic) bond motifs is 4. The second-order valence-electron chi connectivity index (χ2n) is 7.28. The SMILES string of the molecule is c1ccc2c3c4c(ccc5nc6ccccc6c(c54)CCCC3)nc2c1. The highest BCUT2D eigenvalue weighted by Crippen LogP contribution is 2.38. The quantitative estimate of drug-likeness (QED) is 0.258. The summed E-state index contributed by atoms with van der Waals surface area (Å²) >= 11 is 0. The first-order chi connectivity index (χ1) is 12.9. The van der Waals surface area contributed by atoms with Crippen LogP contribution < -0.4 is 0 Å². The van der Waals surface area contributed by atoms with E-state index in [9.17, 15) is 0 Å². The summed E-state index contributed by atoms with van der Waals surface area (Å²) in [5, 5.41) is 5.25. The smallest absolute Gasteiger partial charge is 0.0720 e. The van der Waals surface area contributed by atoms with E-state index >= 15 is 0 Å². The van der Waals surface area contributed by atoms with Crippen molar-refractivity contribution in [3.05, 3.63) is 71.8 Å². The minimum absolute atomic E-state index is 1.10. The van der Waals surface area contributed by atoms with Crippen LogP contribution in [0.1, 0.15) is 24.0 Å². The minimum atomic E-state index is 1.10. The van der Waals surface area contributed by atoms with E-state index in [1.807, 2.05) is 0 Å². The van der Waals surface area contributed by atoms with Crippen molar-refractivity contribution in [3.8, 4) is 0 Å². The van der Waals surface area contributed by atoms with E-state index in [1.54, 1.807) is 0 Å². The van der Waals surface area contributed by atoms with E-state index in [-0.39, 0.29) is 0 Å². The molecular weight excluding hydrogens is 316 g/mol. The van der Waals surface area contributed by atoms with E-state index < -0.39 is 0 Å². The molecule has 0 saturated carbocycles. The summed E-state index contributed by atoms with van der Waals surface area (Å²) in [4.78, 5) is 9.98. The molecule has 1 aliphatic rings. The maximum atomic E-state index is 4.99. The topological polar surface area (TPSA) is 25.8 Å². The average Bonchev–Trinajstić information content (AvgIpc) is 2.67. The van der Waals surface area contributed by atoms with Crippen molar-refractivity contribution < 1.29 is 0 Å². The molecule has 0 saturated heterocycles. The lowest BCUT2D eigenvalue weighted by Gasteiger charge is -2.19. The zero-order valence-electron chi connectivity index (χ0n) is 14.5. The zero-order chi connectivity index (χ0) is 17.1. The summed E-state index contributed by atoms with van der Waals surface area (Å²) in [5.74, 6) is 0. The first-order valence-corrected chi connectivity index (χ1v) is 9.42. The van der Waals surface area contributed by atoms with Crippen molar-refractivity contribution in [3.63, 3.8) is 0 Å². The van der Waals surface area contributed by atoms with Gasteiger partial charge in [0.15, 0.2) is 0 Å². The van der Waals surface area contributed by atoms with Crippen LogP contribution in [0.3, 0.4) is 0 Å². The Morgan fingerprint density at radius 1 is 0.500 bits per heavy atom. The highest BCUT2D eigenvalue weighted by molar-refractivity contribution is 6.15. The Morgan fingerprint density at radius 3 is 1.46 bits per heavy atom. The maximum Gasteiger partial charge on any atom is 0.0720 e. The summed E-state index contributed by atoms with van der Waals surface area (Å²) in [5.41, 5.74) is 7.32. The Bertz CT molecular complexity index is 1230. The number of aromatic nitrogens is 2. The van der Waals surface area contributed by atoms with Gasteiger partial charge in [0.1, 0.15) is 0 Å². The van der Waals surface area contributed by atoms with Gasteiger partial charge >= 0.3 is 0 Å². The van der Waals surface area contributed by atoms with Crippen LogP contribution in [0.2, 0.25) is 0 Å². The summed E-state index contributed by atoms with van der Waals surface area (Å²) in [6, 6.07) is 21.5. The van der Waals surface area contributed by atoms with Gasteiger partial charge in [0.25, 0.3) is 0 Å². The fraction of sp³-hybridized carbons (Fsp3) is 0.167. The van der Waals surface area contributed by atoms with E-state index in [1.165, 1.54) is 45.5 Å². The first kappa shape index (κ1) is 14.2. The molecule has 124 valence electrons. The predicted octanol–water partition coefficient (Wildman–Crippen LogP) is 5.97. The molecule has 0 amide bonds. The molecule has 0 bridgehead atoms. The first-order valence-electron chi connectivity index (χ1n) is 9.42. The second kappa shape index (κ2) is 5.25. The minimum Gasteiger partial charge on any atom is -0.248 e. The zero-order valence-corrected chi connectivity index (χ0v) is 14.5. The standard InChI is InChI=1S/C24H18N2/c1-2-10-18-16-8-4-6-12-20(16)26-22-14-13-21-23(24(18)22)17(9-1)15-7-3-5-11-19(15)25-21/h3-8,11-14H,1-2,9-10H2. The van der Waals surface area contributed by atoms with Gasteiger partial charge < -0.3 is 0 Å². The molecule has 0 atom stereocenters. The fourth-order valence-electron chi connectivity index (χ4n) is 4.68. The van der Waals surface area contributed by atoms with Gasteiger partial charge in [-0.3, -0.25) is 0 Å². The summed E-state index contributed by atoms with van der Waals surface area (Å²) in [6.45, 7) is 0. The van der Waals surface area contributed by atoms with E-state index in [2.05, 4.69) is 60.7 Å². The van der Waals surface area contributed by atoms with Crippen LogP contribution in [0.4, 0.5) is 0 Å². The van der Waals surface area contributed by atoms with Gasteiger partial charge in [-0.2, -0.15) is 0 Å². The molecule has 2 heterocycles. The van der Waals surface area contributed by atoms with E-state index in [0.717, 1.165) is 34.9 Å². The van der Waals surface area contributed by atoms with Gasteiger partial charge in [-0.05, 0) is 61.1 Å². The third kappa shape index (κ3) is 1.87. The second-order valence-corrected chi connectivity index (χ2v) is 7.28. The Hall–Kier alpha value is -3.00. The largest absolute Gasteiger partial charge is 0.248 e. The molecule has 2 heteroatoms. The number of rotatable bonds is 0. The molecule has 6 rings (SSSR count). The normalized spacial score (nSPS) is 14.3. The fourth-order valence-corrected chi connectivity index (χ4v) is 4.68. The summed E-state index contributed by atoms with van der Waals surface area (Å²) < 4.78 is 0. The van der Waals surface area contributed by atoms with Crippen molar-refractivity contribution >= 4 is 43.6 Å². The molecule has 0 aliphatic heterocycles. The molecule has 0 radical (unpaired) electrons. The summed E-state index contributed by atoms with van der Waals surface area (Å²) in [6.07, 6.45) is 4.67. The molecule has 26 heavy (non-hydrogen) atoms. The number of hydrogen-bond donors (Lipinski definition) is 0. The maximum absolute atomic E-state index is 4.99. The molecule has 1 aliphatic carbocycles. The molecule has 2 nitrogen and oxygen atoms in total. The predicted molar refractivity (Wildman–Crippen MR) is 109 cm³/mol. The number of pyridine rings is 2. The molecule has 0 spiro atoms. The van der Waals surface area contributed by atoms with Crippen LogP contribution in [0.25, 0.3) is 43.6 Å². The van der Waals surface area contributed by atoms with Crippen LogP contribution in [0.15, 0.2) is 60.7 Å². The van der Waals surface area contributed by atoms with Crippen molar-refractivity contribution in [1.82, 2.24) is 9.97 Å². The number of hydrogen-bond acceptors (Lipinski definition) is 2. The highest BCUT2D eigenvalue weighted by Gasteiger charge is 2.18. The molecular formula is C24H18N2. The number of nitrogens with zero attached hydrogens (tertiary/aromatic N) is 2. The molecule has 0 unspecified atom stereocenters. The van der Waals surface area contributed by atoms with Crippen molar-refractivity contribution in [1.29, 1.82) is 0 Å². The number of benzene rings is 3. The van der Waals surface area contributed by atoms with E-state index in [0.29, 0.717) is 0 Å². The van der Waals surface area contributed by atoms with Crippen molar-refractivity contribution in [2.24, 2.45) is 0 Å². The van der Waals surface area contributed by atoms with Crippen LogP contribution in [-0.2, 0) is 12.8 Å². The number of aryl methyl sites for hydroxylation is 2. The molecule has 0 N–H and O–H groups in total. The van der Waals surface area contributed by atoms with Crippen molar-refractivity contribution in [2.75, 3.05) is 0 Å². The third-order valence-corrected chi connectivity index (χ3v) is 5.81. The lowest BCUT2D eigenvalue weighted by molar-refractivity contribution is 0.741. The van der Waals surface area contributed by atoms with Gasteiger partial charge in [-0.25, -0.2) is 9.97 Å². The van der Waals surface area contributed by atoms with E-state index in [4.69, 9.17) is 9.97 Å². The lowest BCUT2D eigenvalue weighted by atomic mass is 9.88. The molecule has 2 aromatic heterocycles. The Kier molecular flexibility index (Phi) is 2.87. The van der Waals surface area contributed by atoms with Gasteiger partial charge in [0.2, 0.25) is 0 Å². The van der Waals surface area contributed by atoms with Gasteiger partial charge in [0, 0.05) is 21.5 Å². The van der Waals surface area contributed by atoms with Crippen LogP contribution in [0, 0.1) is 0 Å². The highest BCUT2D eigenvalue weighted by atomic mass is 14.7. The van der Waals surface area contributed by atoms with Crippen LogP contribution in [0.5, 0.6) is 0 Å². The Morgan fingerprint density at radius 2 is 0.962 bits per heavy atom. The third-order valence-electron chi connectivity index (χ3n) is 5.81. The monoisotopic (exact) mass is 334 g/mol. The van der Waals surface area contributed by atoms with Crippen LogP contribution in [-0.4, -0.2) is 9.97 Å². The Balaban J connectivity index is 1.94. The lowest BCUT2D eigenvalue weighted by Crippen LogP contribution is -2.02. The Labute approximate surface area is 151 Å². The molecule has 0 fully saturated rings. The summed E-state index contributed by atoms with van der Waals surface area (Å²) in [7, 11) is 0. The average molecular weight is 334 g/mol. The number of para-hydroxylation sites is 2. The van der Waals surface area contributed by atoms with Crippen molar-refractivity contribution in [2.45, 2.75) is 25.7 Å². The van der Waals surface area contributed by atoms with Gasteiger partial charge in [-0.15, -0.1) is 0 Å². The molecule has 5 aromatic rings.